The maximum Gasteiger partial charge on any atom is 0.0600 e. The SMILES string of the molecule is NCCc1ncc(Cl)cc1I. The Morgan fingerprint density at radius 3 is 2.91 bits per heavy atom. The maximum absolute atomic E-state index is 5.72. The minimum atomic E-state index is 0.630. The van der Waals surface area contributed by atoms with Gasteiger partial charge >= 0.3 is 0 Å². The number of aromatic nitrogens is 1. The summed E-state index contributed by atoms with van der Waals surface area (Å²) in [4.78, 5) is 4.15. The zero-order valence-corrected chi connectivity index (χ0v) is 8.76. The molecule has 1 aromatic heterocycles. The van der Waals surface area contributed by atoms with Gasteiger partial charge < -0.3 is 5.73 Å². The van der Waals surface area contributed by atoms with Crippen LogP contribution in [-0.2, 0) is 6.42 Å². The Labute approximate surface area is 84.3 Å². The normalized spacial score (nSPS) is 10.1. The Balaban J connectivity index is 2.90. The van der Waals surface area contributed by atoms with Gasteiger partial charge in [0.2, 0.25) is 0 Å². The molecule has 1 aromatic rings. The van der Waals surface area contributed by atoms with Crippen LogP contribution in [0, 0.1) is 3.57 Å². The van der Waals surface area contributed by atoms with E-state index in [4.69, 9.17) is 17.3 Å². The molecule has 0 aliphatic carbocycles. The molecule has 1 rings (SSSR count). The fraction of sp³-hybridized carbons (Fsp3) is 0.286. The van der Waals surface area contributed by atoms with Crippen molar-refractivity contribution in [3.63, 3.8) is 0 Å². The Hall–Kier alpha value is 0.130. The monoisotopic (exact) mass is 282 g/mol. The summed E-state index contributed by atoms with van der Waals surface area (Å²) in [6.07, 6.45) is 2.46. The molecule has 0 saturated heterocycles. The Morgan fingerprint density at radius 1 is 1.64 bits per heavy atom. The van der Waals surface area contributed by atoms with Crippen molar-refractivity contribution in [3.05, 3.63) is 26.5 Å². The van der Waals surface area contributed by atoms with E-state index in [9.17, 15) is 0 Å². The van der Waals surface area contributed by atoms with Crippen LogP contribution in [-0.4, -0.2) is 11.5 Å². The van der Waals surface area contributed by atoms with Crippen LogP contribution >= 0.6 is 34.2 Å². The lowest BCUT2D eigenvalue weighted by atomic mass is 10.3. The average Bonchev–Trinajstić information content (AvgIpc) is 1.95. The molecule has 0 unspecified atom stereocenters. The van der Waals surface area contributed by atoms with E-state index in [2.05, 4.69) is 27.6 Å². The Kier molecular flexibility index (Phi) is 3.54. The van der Waals surface area contributed by atoms with Crippen molar-refractivity contribution in [1.82, 2.24) is 4.98 Å². The fourth-order valence-corrected chi connectivity index (χ4v) is 1.85. The number of nitrogens with zero attached hydrogens (tertiary/aromatic N) is 1. The summed E-state index contributed by atoms with van der Waals surface area (Å²) in [5, 5.41) is 0.676. The lowest BCUT2D eigenvalue weighted by molar-refractivity contribution is 0.915. The molecule has 0 amide bonds. The second-order valence-corrected chi connectivity index (χ2v) is 3.72. The zero-order valence-electron chi connectivity index (χ0n) is 5.85. The summed E-state index contributed by atoms with van der Waals surface area (Å²) in [7, 11) is 0. The van der Waals surface area contributed by atoms with Gasteiger partial charge in [0.05, 0.1) is 10.7 Å². The summed E-state index contributed by atoms with van der Waals surface area (Å²) in [6.45, 7) is 0.630. The first-order valence-electron chi connectivity index (χ1n) is 3.24. The second kappa shape index (κ2) is 4.23. The average molecular weight is 283 g/mol. The molecule has 0 fully saturated rings. The minimum Gasteiger partial charge on any atom is -0.330 e. The number of hydrogen-bond acceptors (Lipinski definition) is 2. The van der Waals surface area contributed by atoms with Gasteiger partial charge in [-0.2, -0.15) is 0 Å². The van der Waals surface area contributed by atoms with E-state index >= 15 is 0 Å². The Bertz CT molecular complexity index is 252. The molecule has 2 nitrogen and oxygen atoms in total. The molecule has 0 spiro atoms. The van der Waals surface area contributed by atoms with Crippen LogP contribution in [0.3, 0.4) is 0 Å². The summed E-state index contributed by atoms with van der Waals surface area (Å²) in [5.41, 5.74) is 6.42. The van der Waals surface area contributed by atoms with Gasteiger partial charge in [-0.15, -0.1) is 0 Å². The van der Waals surface area contributed by atoms with E-state index in [1.807, 2.05) is 6.07 Å². The molecule has 0 aromatic carbocycles. The van der Waals surface area contributed by atoms with Gasteiger partial charge in [-0.05, 0) is 35.2 Å². The van der Waals surface area contributed by atoms with Gasteiger partial charge in [0.15, 0.2) is 0 Å². The molecular weight excluding hydrogens is 274 g/mol. The summed E-state index contributed by atoms with van der Waals surface area (Å²) in [5.74, 6) is 0. The van der Waals surface area contributed by atoms with Gasteiger partial charge in [0.1, 0.15) is 0 Å². The van der Waals surface area contributed by atoms with Crippen LogP contribution in [0.4, 0.5) is 0 Å². The van der Waals surface area contributed by atoms with Gasteiger partial charge in [-0.25, -0.2) is 0 Å². The molecule has 4 heteroatoms. The summed E-state index contributed by atoms with van der Waals surface area (Å²) < 4.78 is 1.08. The standard InChI is InChI=1S/C7H8ClIN2/c8-5-3-6(9)7(1-2-10)11-4-5/h3-4H,1-2,10H2. The molecule has 0 saturated carbocycles. The first-order valence-corrected chi connectivity index (χ1v) is 4.69. The first kappa shape index (κ1) is 9.22. The maximum atomic E-state index is 5.72. The molecule has 0 aliphatic heterocycles. The minimum absolute atomic E-state index is 0.630. The van der Waals surface area contributed by atoms with Crippen LogP contribution in [0.2, 0.25) is 5.02 Å². The van der Waals surface area contributed by atoms with Crippen molar-refractivity contribution in [2.24, 2.45) is 5.73 Å². The molecule has 0 aliphatic rings. The van der Waals surface area contributed by atoms with E-state index in [1.54, 1.807) is 6.20 Å². The van der Waals surface area contributed by atoms with Crippen LogP contribution in [0.25, 0.3) is 0 Å². The third-order valence-corrected chi connectivity index (χ3v) is 2.41. The van der Waals surface area contributed by atoms with Crippen molar-refractivity contribution in [2.75, 3.05) is 6.54 Å². The highest BCUT2D eigenvalue weighted by Gasteiger charge is 1.99. The van der Waals surface area contributed by atoms with Gasteiger partial charge in [0.25, 0.3) is 0 Å². The Morgan fingerprint density at radius 2 is 2.36 bits per heavy atom. The predicted octanol–water partition coefficient (Wildman–Crippen LogP) is 1.84. The highest BCUT2D eigenvalue weighted by atomic mass is 127. The lowest BCUT2D eigenvalue weighted by Gasteiger charge is -2.00. The molecule has 11 heavy (non-hydrogen) atoms. The predicted molar refractivity (Wildman–Crippen MR) is 54.7 cm³/mol. The number of nitrogens with two attached hydrogens (primary N) is 1. The van der Waals surface area contributed by atoms with Crippen LogP contribution < -0.4 is 5.73 Å². The summed E-state index contributed by atoms with van der Waals surface area (Å²) >= 11 is 7.93. The zero-order chi connectivity index (χ0) is 8.27. The highest BCUT2D eigenvalue weighted by Crippen LogP contribution is 2.15. The highest BCUT2D eigenvalue weighted by molar-refractivity contribution is 14.1. The molecule has 0 bridgehead atoms. The fourth-order valence-electron chi connectivity index (χ4n) is 0.764. The van der Waals surface area contributed by atoms with E-state index in [0.717, 1.165) is 15.7 Å². The topological polar surface area (TPSA) is 38.9 Å². The smallest absolute Gasteiger partial charge is 0.0600 e. The third-order valence-electron chi connectivity index (χ3n) is 1.27. The van der Waals surface area contributed by atoms with Gasteiger partial charge in [-0.3, -0.25) is 4.98 Å². The van der Waals surface area contributed by atoms with Crippen LogP contribution in [0.5, 0.6) is 0 Å². The van der Waals surface area contributed by atoms with E-state index < -0.39 is 0 Å². The first-order chi connectivity index (χ1) is 5.24. The number of halogens is 2. The van der Waals surface area contributed by atoms with Crippen molar-refractivity contribution in [1.29, 1.82) is 0 Å². The molecule has 1 heterocycles. The van der Waals surface area contributed by atoms with E-state index in [1.165, 1.54) is 0 Å². The number of pyridine rings is 1. The van der Waals surface area contributed by atoms with Crippen LogP contribution in [0.15, 0.2) is 12.3 Å². The molecule has 2 N–H and O–H groups in total. The second-order valence-electron chi connectivity index (χ2n) is 2.12. The molecular formula is C7H8ClIN2. The van der Waals surface area contributed by atoms with Crippen LogP contribution in [0.1, 0.15) is 5.69 Å². The number of rotatable bonds is 2. The third kappa shape index (κ3) is 2.57. The summed E-state index contributed by atoms with van der Waals surface area (Å²) in [6, 6.07) is 1.89. The molecule has 0 atom stereocenters. The van der Waals surface area contributed by atoms with Crippen molar-refractivity contribution in [2.45, 2.75) is 6.42 Å². The largest absolute Gasteiger partial charge is 0.330 e. The lowest BCUT2D eigenvalue weighted by Crippen LogP contribution is -2.05. The van der Waals surface area contributed by atoms with E-state index in [-0.39, 0.29) is 0 Å². The molecule has 0 radical (unpaired) electrons. The van der Waals surface area contributed by atoms with Crippen molar-refractivity contribution in [3.8, 4) is 0 Å². The van der Waals surface area contributed by atoms with Gasteiger partial charge in [-0.1, -0.05) is 11.6 Å². The quantitative estimate of drug-likeness (QED) is 0.841. The van der Waals surface area contributed by atoms with Gasteiger partial charge in [0, 0.05) is 16.2 Å². The van der Waals surface area contributed by atoms with Crippen molar-refractivity contribution >= 4 is 34.2 Å². The van der Waals surface area contributed by atoms with Crippen molar-refractivity contribution < 1.29 is 0 Å². The molecule has 60 valence electrons. The van der Waals surface area contributed by atoms with E-state index in [0.29, 0.717) is 11.6 Å². The number of hydrogen-bond donors (Lipinski definition) is 1.